The lowest BCUT2D eigenvalue weighted by atomic mass is 10.1. The monoisotopic (exact) mass is 175 g/mol. The highest BCUT2D eigenvalue weighted by molar-refractivity contribution is 4.92. The Morgan fingerprint density at radius 3 is 2.75 bits per heavy atom. The van der Waals surface area contributed by atoms with Crippen LogP contribution in [-0.2, 0) is 4.74 Å². The smallest absolute Gasteiger partial charge is 0.122 e. The highest BCUT2D eigenvalue weighted by atomic mass is 19.1. The lowest BCUT2D eigenvalue weighted by molar-refractivity contribution is 0.0946. The average molecular weight is 175 g/mol. The molecule has 0 saturated carbocycles. The molecule has 0 radical (unpaired) electrons. The molecular weight excluding hydrogens is 157 g/mol. The van der Waals surface area contributed by atoms with Gasteiger partial charge in [0.25, 0.3) is 0 Å². The predicted octanol–water partition coefficient (Wildman–Crippen LogP) is 1.46. The summed E-state index contributed by atoms with van der Waals surface area (Å²) >= 11 is 0. The van der Waals surface area contributed by atoms with Gasteiger partial charge in [-0.2, -0.15) is 0 Å². The molecule has 0 aliphatic carbocycles. The molecule has 0 amide bonds. The maximum Gasteiger partial charge on any atom is 0.122 e. The van der Waals surface area contributed by atoms with Crippen molar-refractivity contribution < 1.29 is 9.13 Å². The van der Waals surface area contributed by atoms with E-state index >= 15 is 0 Å². The highest BCUT2D eigenvalue weighted by Crippen LogP contribution is 2.28. The molecule has 1 aliphatic rings. The zero-order valence-electron chi connectivity index (χ0n) is 8.14. The first kappa shape index (κ1) is 9.93. The Hall–Kier alpha value is -0.150. The Morgan fingerprint density at radius 1 is 1.67 bits per heavy atom. The summed E-state index contributed by atoms with van der Waals surface area (Å²) in [6.07, 6.45) is 0.601. The number of hydrogen-bond acceptors (Lipinski definition) is 2. The summed E-state index contributed by atoms with van der Waals surface area (Å²) in [4.78, 5) is 2.04. The summed E-state index contributed by atoms with van der Waals surface area (Å²) in [5.74, 6) is 0. The van der Waals surface area contributed by atoms with Gasteiger partial charge in [-0.05, 0) is 20.9 Å². The highest BCUT2D eigenvalue weighted by Gasteiger charge is 2.38. The topological polar surface area (TPSA) is 12.5 Å². The predicted molar refractivity (Wildman–Crippen MR) is 47.0 cm³/mol. The molecule has 2 nitrogen and oxygen atoms in total. The van der Waals surface area contributed by atoms with E-state index < -0.39 is 5.67 Å². The standard InChI is InChI=1S/C9H18FNO/c1-4-12-6-8-5-9(2,10)7-11(8)3/h8H,4-7H2,1-3H3/t8-,9-/m0/s1. The number of likely N-dealkylation sites (tertiary alicyclic amines) is 1. The normalized spacial score (nSPS) is 37.5. The van der Waals surface area contributed by atoms with Gasteiger partial charge >= 0.3 is 0 Å². The van der Waals surface area contributed by atoms with Gasteiger partial charge in [-0.1, -0.05) is 0 Å². The van der Waals surface area contributed by atoms with E-state index in [4.69, 9.17) is 4.74 Å². The molecule has 1 aliphatic heterocycles. The number of alkyl halides is 1. The Balaban J connectivity index is 2.36. The number of halogens is 1. The van der Waals surface area contributed by atoms with Gasteiger partial charge < -0.3 is 4.74 Å². The molecule has 0 unspecified atom stereocenters. The van der Waals surface area contributed by atoms with Gasteiger partial charge in [0.15, 0.2) is 0 Å². The SMILES string of the molecule is CCOC[C@@H]1C[C@](C)(F)CN1C. The van der Waals surface area contributed by atoms with Crippen LogP contribution in [0.2, 0.25) is 0 Å². The van der Waals surface area contributed by atoms with Crippen LogP contribution < -0.4 is 0 Å². The van der Waals surface area contributed by atoms with Crippen molar-refractivity contribution >= 4 is 0 Å². The lowest BCUT2D eigenvalue weighted by Gasteiger charge is -2.17. The first-order chi connectivity index (χ1) is 5.55. The maximum absolute atomic E-state index is 13.4. The maximum atomic E-state index is 13.4. The van der Waals surface area contributed by atoms with Crippen LogP contribution in [0.5, 0.6) is 0 Å². The second-order valence-corrected chi connectivity index (χ2v) is 3.85. The zero-order chi connectivity index (χ0) is 9.19. The molecule has 0 spiro atoms. The largest absolute Gasteiger partial charge is 0.380 e. The minimum atomic E-state index is -1.02. The van der Waals surface area contributed by atoms with Crippen LogP contribution in [0.1, 0.15) is 20.3 Å². The first-order valence-corrected chi connectivity index (χ1v) is 4.52. The van der Waals surface area contributed by atoms with E-state index in [0.717, 1.165) is 0 Å². The molecule has 1 heterocycles. The molecule has 12 heavy (non-hydrogen) atoms. The van der Waals surface area contributed by atoms with Crippen molar-refractivity contribution in [3.63, 3.8) is 0 Å². The van der Waals surface area contributed by atoms with Crippen molar-refractivity contribution in [1.82, 2.24) is 4.90 Å². The number of ether oxygens (including phenoxy) is 1. The average Bonchev–Trinajstić information content (AvgIpc) is 2.20. The van der Waals surface area contributed by atoms with E-state index in [1.807, 2.05) is 18.9 Å². The molecule has 2 atom stereocenters. The van der Waals surface area contributed by atoms with Crippen molar-refractivity contribution in [2.75, 3.05) is 26.8 Å². The van der Waals surface area contributed by atoms with Crippen molar-refractivity contribution in [1.29, 1.82) is 0 Å². The van der Waals surface area contributed by atoms with Crippen LogP contribution >= 0.6 is 0 Å². The fraction of sp³-hybridized carbons (Fsp3) is 1.00. The second-order valence-electron chi connectivity index (χ2n) is 3.85. The third kappa shape index (κ3) is 2.42. The fourth-order valence-electron chi connectivity index (χ4n) is 1.80. The third-order valence-corrected chi connectivity index (χ3v) is 2.38. The van der Waals surface area contributed by atoms with Gasteiger partial charge in [0.05, 0.1) is 6.61 Å². The first-order valence-electron chi connectivity index (χ1n) is 4.52. The van der Waals surface area contributed by atoms with Crippen molar-refractivity contribution in [2.45, 2.75) is 32.0 Å². The molecule has 0 aromatic heterocycles. The second kappa shape index (κ2) is 3.71. The molecule has 1 rings (SSSR count). The number of rotatable bonds is 3. The molecule has 0 aromatic rings. The minimum Gasteiger partial charge on any atom is -0.380 e. The molecule has 1 fully saturated rings. The van der Waals surface area contributed by atoms with Crippen molar-refractivity contribution in [3.8, 4) is 0 Å². The Bertz CT molecular complexity index is 149. The van der Waals surface area contributed by atoms with Crippen LogP contribution in [0.3, 0.4) is 0 Å². The van der Waals surface area contributed by atoms with Crippen molar-refractivity contribution in [3.05, 3.63) is 0 Å². The Morgan fingerprint density at radius 2 is 2.33 bits per heavy atom. The minimum absolute atomic E-state index is 0.264. The van der Waals surface area contributed by atoms with E-state index in [1.165, 1.54) is 0 Å². The van der Waals surface area contributed by atoms with E-state index in [-0.39, 0.29) is 6.04 Å². The molecular formula is C9H18FNO. The van der Waals surface area contributed by atoms with E-state index in [1.54, 1.807) is 6.92 Å². The molecule has 72 valence electrons. The third-order valence-electron chi connectivity index (χ3n) is 2.38. The van der Waals surface area contributed by atoms with E-state index in [0.29, 0.717) is 26.2 Å². The van der Waals surface area contributed by atoms with Crippen LogP contribution in [0.25, 0.3) is 0 Å². The number of nitrogens with zero attached hydrogens (tertiary/aromatic N) is 1. The van der Waals surface area contributed by atoms with E-state index in [2.05, 4.69) is 0 Å². The van der Waals surface area contributed by atoms with Gasteiger partial charge in [0.2, 0.25) is 0 Å². The van der Waals surface area contributed by atoms with E-state index in [9.17, 15) is 4.39 Å². The Kier molecular flexibility index (Phi) is 3.07. The van der Waals surface area contributed by atoms with Crippen molar-refractivity contribution in [2.24, 2.45) is 0 Å². The number of hydrogen-bond donors (Lipinski definition) is 0. The molecule has 0 bridgehead atoms. The van der Waals surface area contributed by atoms with Gasteiger partial charge in [0.1, 0.15) is 5.67 Å². The summed E-state index contributed by atoms with van der Waals surface area (Å²) < 4.78 is 18.7. The van der Waals surface area contributed by atoms with Gasteiger partial charge in [-0.25, -0.2) is 4.39 Å². The van der Waals surface area contributed by atoms with Gasteiger partial charge in [-0.15, -0.1) is 0 Å². The van der Waals surface area contributed by atoms with Crippen LogP contribution in [0.15, 0.2) is 0 Å². The molecule has 1 saturated heterocycles. The molecule has 3 heteroatoms. The molecule has 0 aromatic carbocycles. The summed E-state index contributed by atoms with van der Waals surface area (Å²) in [5, 5.41) is 0. The van der Waals surface area contributed by atoms with Gasteiger partial charge in [0, 0.05) is 25.6 Å². The Labute approximate surface area is 73.7 Å². The lowest BCUT2D eigenvalue weighted by Crippen LogP contribution is -2.29. The quantitative estimate of drug-likeness (QED) is 0.644. The summed E-state index contributed by atoms with van der Waals surface area (Å²) in [6, 6.07) is 0.264. The summed E-state index contributed by atoms with van der Waals surface area (Å²) in [7, 11) is 1.95. The molecule has 0 N–H and O–H groups in total. The number of likely N-dealkylation sites (N-methyl/N-ethyl adjacent to an activating group) is 1. The van der Waals surface area contributed by atoms with Crippen LogP contribution in [0.4, 0.5) is 4.39 Å². The van der Waals surface area contributed by atoms with Crippen LogP contribution in [0, 0.1) is 0 Å². The zero-order valence-corrected chi connectivity index (χ0v) is 8.14. The van der Waals surface area contributed by atoms with Crippen LogP contribution in [-0.4, -0.2) is 43.4 Å². The summed E-state index contributed by atoms with van der Waals surface area (Å²) in [6.45, 7) is 5.53. The van der Waals surface area contributed by atoms with Gasteiger partial charge in [-0.3, -0.25) is 4.90 Å². The fourth-order valence-corrected chi connectivity index (χ4v) is 1.80. The summed E-state index contributed by atoms with van der Waals surface area (Å²) in [5.41, 5.74) is -1.02.